The molecule has 0 radical (unpaired) electrons. The number of nitrogens with one attached hydrogen (secondary N) is 2. The summed E-state index contributed by atoms with van der Waals surface area (Å²) in [5, 5.41) is 4.98. The summed E-state index contributed by atoms with van der Waals surface area (Å²) in [4.78, 5) is 71.6. The zero-order chi connectivity index (χ0) is 56.8. The Bertz CT molecular complexity index is 2320. The lowest BCUT2D eigenvalue weighted by molar-refractivity contribution is -0.159. The van der Waals surface area contributed by atoms with Crippen LogP contribution in [0.4, 0.5) is 10.5 Å². The maximum absolute atomic E-state index is 12.4. The molecule has 3 aromatic rings. The molecule has 23 heteroatoms. The molecule has 0 aliphatic carbocycles. The molecule has 3 N–H and O–H groups in total. The summed E-state index contributed by atoms with van der Waals surface area (Å²) < 4.78 is 70.8. The van der Waals surface area contributed by atoms with Gasteiger partial charge < -0.3 is 58.2 Å². The number of hydrogen-bond donors (Lipinski definition) is 3. The maximum Gasteiger partial charge on any atom is 0.472 e. The lowest BCUT2D eigenvalue weighted by atomic mass is 10.0. The van der Waals surface area contributed by atoms with Gasteiger partial charge >= 0.3 is 31.9 Å². The molecule has 2 heterocycles. The van der Waals surface area contributed by atoms with E-state index in [2.05, 4.69) is 27.5 Å². The minimum atomic E-state index is -4.64. The van der Waals surface area contributed by atoms with E-state index < -0.39 is 51.1 Å². The largest absolute Gasteiger partial charge is 0.485 e. The topological polar surface area (TPSA) is 269 Å². The Morgan fingerprint density at radius 1 is 0.722 bits per heavy atom. The quantitative estimate of drug-likeness (QED) is 0.0206. The van der Waals surface area contributed by atoms with Gasteiger partial charge in [-0.25, -0.2) is 19.3 Å². The molecule has 1 aliphatic heterocycles. The van der Waals surface area contributed by atoms with Crippen LogP contribution >= 0.6 is 7.82 Å². The van der Waals surface area contributed by atoms with Gasteiger partial charge in [-0.1, -0.05) is 127 Å². The molecule has 0 saturated heterocycles. The average Bonchev–Trinajstić information content (AvgIpc) is 3.45. The minimum absolute atomic E-state index is 0.0728. The van der Waals surface area contributed by atoms with Crippen molar-refractivity contribution in [3.63, 3.8) is 0 Å². The molecule has 0 bridgehead atoms. The van der Waals surface area contributed by atoms with Gasteiger partial charge in [0.1, 0.15) is 44.5 Å². The van der Waals surface area contributed by atoms with Gasteiger partial charge in [0.15, 0.2) is 6.10 Å². The van der Waals surface area contributed by atoms with Crippen LogP contribution in [0, 0.1) is 6.92 Å². The number of aliphatic imine (C=N–C) groups is 1. The van der Waals surface area contributed by atoms with Crippen LogP contribution in [-0.2, 0) is 56.4 Å². The number of carbonyl (C=O) groups is 4. The van der Waals surface area contributed by atoms with E-state index in [1.807, 2.05) is 49.4 Å². The van der Waals surface area contributed by atoms with Gasteiger partial charge in [0.2, 0.25) is 11.8 Å². The number of methoxy groups -OCH3 is 1. The number of rotatable bonds is 44. The second kappa shape index (κ2) is 39.6. The Labute approximate surface area is 465 Å². The van der Waals surface area contributed by atoms with Crippen molar-refractivity contribution in [2.75, 3.05) is 99.5 Å². The molecule has 1 aromatic heterocycles. The summed E-state index contributed by atoms with van der Waals surface area (Å²) in [6.07, 6.45) is 18.0. The Kier molecular flexibility index (Phi) is 33.0. The van der Waals surface area contributed by atoms with E-state index in [0.29, 0.717) is 31.1 Å². The summed E-state index contributed by atoms with van der Waals surface area (Å²) in [5.74, 6) is -0.424. The van der Waals surface area contributed by atoms with Gasteiger partial charge in [0.05, 0.1) is 64.6 Å². The molecule has 2 unspecified atom stereocenters. The fraction of sp³-hybridized carbons (Fsp3) is 0.625. The summed E-state index contributed by atoms with van der Waals surface area (Å²) in [5.41, 5.74) is 5.28. The predicted octanol–water partition coefficient (Wildman–Crippen LogP) is 9.11. The molecule has 440 valence electrons. The number of phosphoric ester groups is 1. The SMILES string of the molecule is CCCCCCCCCCCCCCCCCC(=O)OCC(COP(=O)(O)OCCNC(=O)OCCOCC(=O)NCCOCCOCCOc1ncc(-c2ccc(C3=Nc4cc(C)ccc4OC3)cc2)c(OC)n1)OC(C)=O. The number of alkyl carbamates (subject to hydrolysis) is 1. The zero-order valence-electron chi connectivity index (χ0n) is 46.7. The number of aromatic nitrogens is 2. The number of ether oxygens (including phenoxy) is 9. The number of unbranched alkanes of at least 4 members (excludes halogenated alkanes) is 14. The second-order valence-corrected chi connectivity index (χ2v) is 20.2. The highest BCUT2D eigenvalue weighted by atomic mass is 31.2. The van der Waals surface area contributed by atoms with Crippen LogP contribution in [0.2, 0.25) is 0 Å². The highest BCUT2D eigenvalue weighted by Gasteiger charge is 2.26. The summed E-state index contributed by atoms with van der Waals surface area (Å²) in [6, 6.07) is 14.0. The van der Waals surface area contributed by atoms with E-state index in [0.717, 1.165) is 60.0 Å². The molecular weight excluding hydrogens is 1050 g/mol. The highest BCUT2D eigenvalue weighted by Crippen LogP contribution is 2.43. The van der Waals surface area contributed by atoms with Gasteiger partial charge in [-0.05, 0) is 42.2 Å². The number of fused-ring (bicyclic) bond motifs is 1. The highest BCUT2D eigenvalue weighted by molar-refractivity contribution is 7.47. The number of amides is 2. The zero-order valence-corrected chi connectivity index (χ0v) is 47.6. The normalized spacial score (nSPS) is 13.0. The van der Waals surface area contributed by atoms with Crippen LogP contribution in [0.1, 0.15) is 128 Å². The maximum atomic E-state index is 12.4. The first kappa shape index (κ1) is 65.8. The van der Waals surface area contributed by atoms with Gasteiger partial charge in [-0.3, -0.25) is 23.4 Å². The molecule has 4 rings (SSSR count). The smallest absolute Gasteiger partial charge is 0.472 e. The van der Waals surface area contributed by atoms with Crippen molar-refractivity contribution in [3.05, 3.63) is 59.8 Å². The van der Waals surface area contributed by atoms with E-state index in [1.54, 1.807) is 6.20 Å². The Morgan fingerprint density at radius 2 is 1.35 bits per heavy atom. The molecule has 2 aromatic carbocycles. The van der Waals surface area contributed by atoms with Gasteiger partial charge in [0.25, 0.3) is 0 Å². The van der Waals surface area contributed by atoms with Crippen LogP contribution < -0.4 is 24.8 Å². The lowest BCUT2D eigenvalue weighted by Gasteiger charge is -2.19. The van der Waals surface area contributed by atoms with E-state index in [9.17, 15) is 28.6 Å². The Balaban J connectivity index is 0.925. The fourth-order valence-corrected chi connectivity index (χ4v) is 8.69. The molecular formula is C56H84N5O17P. The van der Waals surface area contributed by atoms with E-state index in [-0.39, 0.29) is 78.4 Å². The van der Waals surface area contributed by atoms with Crippen molar-refractivity contribution >= 4 is 43.2 Å². The number of aryl methyl sites for hydroxylation is 1. The molecule has 2 atom stereocenters. The second-order valence-electron chi connectivity index (χ2n) is 18.7. The Morgan fingerprint density at radius 3 is 2.04 bits per heavy atom. The molecule has 22 nitrogen and oxygen atoms in total. The molecule has 0 spiro atoms. The van der Waals surface area contributed by atoms with Crippen molar-refractivity contribution in [1.82, 2.24) is 20.6 Å². The third-order valence-electron chi connectivity index (χ3n) is 12.1. The van der Waals surface area contributed by atoms with Crippen LogP contribution in [0.5, 0.6) is 17.6 Å². The van der Waals surface area contributed by atoms with Crippen molar-refractivity contribution in [1.29, 1.82) is 0 Å². The molecule has 79 heavy (non-hydrogen) atoms. The third kappa shape index (κ3) is 29.3. The van der Waals surface area contributed by atoms with Crippen LogP contribution in [0.3, 0.4) is 0 Å². The summed E-state index contributed by atoms with van der Waals surface area (Å²) >= 11 is 0. The Hall–Kier alpha value is -5.74. The van der Waals surface area contributed by atoms with Gasteiger partial charge in [-0.15, -0.1) is 0 Å². The number of esters is 2. The first-order chi connectivity index (χ1) is 38.3. The predicted molar refractivity (Wildman–Crippen MR) is 295 cm³/mol. The van der Waals surface area contributed by atoms with Crippen LogP contribution in [-0.4, -0.2) is 150 Å². The van der Waals surface area contributed by atoms with Crippen molar-refractivity contribution < 1.29 is 80.3 Å². The molecule has 0 fully saturated rings. The van der Waals surface area contributed by atoms with Crippen molar-refractivity contribution in [3.8, 4) is 28.8 Å². The standard InChI is InChI=1S/C56H84N5O17P/c1-5-6-7-8-9-10-11-12-13-14-15-16-17-18-19-20-53(64)75-39-47(78-44(3)62)40-77-79(66,67)76-30-28-58-56(65)73-36-34-71-42-52(63)57-27-29-69-31-32-70-33-35-72-55-59-38-48(54(61-55)68-4)45-22-24-46(25-23-45)50-41-74-51-26-21-43(2)37-49(51)60-50/h21-26,37-38,47H,5-20,27-36,39-42H2,1-4H3,(H,57,63)(H,58,65)(H,66,67). The van der Waals surface area contributed by atoms with Crippen molar-refractivity contribution in [2.24, 2.45) is 4.99 Å². The number of nitrogens with zero attached hydrogens (tertiary/aromatic N) is 3. The van der Waals surface area contributed by atoms with E-state index in [1.165, 1.54) is 77.7 Å². The van der Waals surface area contributed by atoms with Gasteiger partial charge in [-0.2, -0.15) is 4.98 Å². The average molecular weight is 1130 g/mol. The van der Waals surface area contributed by atoms with Gasteiger partial charge in [0, 0.05) is 32.6 Å². The number of carbonyl (C=O) groups excluding carboxylic acids is 4. The van der Waals surface area contributed by atoms with Crippen LogP contribution in [0.15, 0.2) is 53.7 Å². The summed E-state index contributed by atoms with van der Waals surface area (Å²) in [6.45, 7) is 5.19. The molecule has 1 aliphatic rings. The first-order valence-electron chi connectivity index (χ1n) is 27.7. The minimum Gasteiger partial charge on any atom is -0.485 e. The van der Waals surface area contributed by atoms with E-state index >= 15 is 0 Å². The third-order valence-corrected chi connectivity index (χ3v) is 13.1. The monoisotopic (exact) mass is 1130 g/mol. The molecule has 2 amide bonds. The molecule has 0 saturated carbocycles. The van der Waals surface area contributed by atoms with Crippen molar-refractivity contribution in [2.45, 2.75) is 130 Å². The number of phosphoric acid groups is 1. The fourth-order valence-electron chi connectivity index (χ4n) is 7.94. The van der Waals surface area contributed by atoms with E-state index in [4.69, 9.17) is 56.7 Å². The number of hydrogen-bond acceptors (Lipinski definition) is 19. The number of benzene rings is 2. The first-order valence-corrected chi connectivity index (χ1v) is 29.2. The lowest BCUT2D eigenvalue weighted by Crippen LogP contribution is -2.32. The summed E-state index contributed by atoms with van der Waals surface area (Å²) in [7, 11) is -3.11. The van der Waals surface area contributed by atoms with Crippen LogP contribution in [0.25, 0.3) is 11.1 Å².